The first kappa shape index (κ1) is 20.3. The molecule has 0 saturated heterocycles. The zero-order valence-electron chi connectivity index (χ0n) is 17.3. The number of anilines is 1. The maximum absolute atomic E-state index is 12.0. The normalized spacial score (nSPS) is 13.3. The fraction of sp³-hybridized carbons (Fsp3) is 0.217. The van der Waals surface area contributed by atoms with Gasteiger partial charge in [-0.25, -0.2) is 9.97 Å². The lowest BCUT2D eigenvalue weighted by molar-refractivity contribution is -0.130. The van der Waals surface area contributed by atoms with Crippen molar-refractivity contribution in [2.24, 2.45) is 5.73 Å². The first-order valence-corrected chi connectivity index (χ1v) is 9.88. The second-order valence-electron chi connectivity index (χ2n) is 7.87. The molecule has 0 fully saturated rings. The van der Waals surface area contributed by atoms with E-state index in [1.54, 1.807) is 38.2 Å². The Balaban J connectivity index is 1.64. The van der Waals surface area contributed by atoms with Crippen LogP contribution in [0.1, 0.15) is 29.8 Å². The molecule has 8 heteroatoms. The van der Waals surface area contributed by atoms with E-state index in [9.17, 15) is 9.59 Å². The van der Waals surface area contributed by atoms with E-state index in [1.807, 2.05) is 24.3 Å². The minimum Gasteiger partial charge on any atom is -0.478 e. The summed E-state index contributed by atoms with van der Waals surface area (Å²) in [5.74, 6) is 0.215. The van der Waals surface area contributed by atoms with Crippen molar-refractivity contribution in [3.8, 4) is 28.3 Å². The molecule has 2 amide bonds. The average molecular weight is 417 g/mol. The van der Waals surface area contributed by atoms with Crippen LogP contribution in [0.3, 0.4) is 0 Å². The molecule has 0 spiro atoms. The summed E-state index contributed by atoms with van der Waals surface area (Å²) in [6.07, 6.45) is 2.36. The van der Waals surface area contributed by atoms with Gasteiger partial charge in [0.2, 0.25) is 0 Å². The van der Waals surface area contributed by atoms with Crippen LogP contribution in [0, 0.1) is 0 Å². The lowest BCUT2D eigenvalue weighted by Gasteiger charge is -2.22. The lowest BCUT2D eigenvalue weighted by Crippen LogP contribution is -2.43. The van der Waals surface area contributed by atoms with Gasteiger partial charge in [-0.2, -0.15) is 0 Å². The van der Waals surface area contributed by atoms with E-state index >= 15 is 0 Å². The number of hydrogen-bond donors (Lipinski definition) is 3. The summed E-state index contributed by atoms with van der Waals surface area (Å²) in [4.78, 5) is 32.5. The Morgan fingerprint density at radius 3 is 2.55 bits per heavy atom. The molecule has 31 heavy (non-hydrogen) atoms. The molecule has 0 aliphatic carbocycles. The fourth-order valence-corrected chi connectivity index (χ4v) is 3.36. The Morgan fingerprint density at radius 1 is 1.13 bits per heavy atom. The second kappa shape index (κ2) is 7.71. The number of fused-ring (bicyclic) bond motifs is 1. The molecule has 0 radical (unpaired) electrons. The van der Waals surface area contributed by atoms with Gasteiger partial charge in [-0.05, 0) is 62.2 Å². The molecule has 5 N–H and O–H groups in total. The van der Waals surface area contributed by atoms with E-state index in [-0.39, 0.29) is 5.91 Å². The number of primary amides is 1. The van der Waals surface area contributed by atoms with Crippen LogP contribution in [0.25, 0.3) is 22.5 Å². The lowest BCUT2D eigenvalue weighted by atomic mass is 9.96. The molecular formula is C23H23N5O3. The van der Waals surface area contributed by atoms with Crippen molar-refractivity contribution in [1.82, 2.24) is 15.3 Å². The highest BCUT2D eigenvalue weighted by Gasteiger charge is 2.27. The number of carbonyl (C=O) groups excluding carboxylic acids is 2. The minimum absolute atomic E-state index is 0.0672. The summed E-state index contributed by atoms with van der Waals surface area (Å²) in [6, 6.07) is 12.7. The maximum Gasteiger partial charge on any atom is 0.261 e. The van der Waals surface area contributed by atoms with Crippen molar-refractivity contribution in [2.75, 3.05) is 12.3 Å². The second-order valence-corrected chi connectivity index (χ2v) is 7.87. The van der Waals surface area contributed by atoms with Gasteiger partial charge in [0.25, 0.3) is 11.8 Å². The quantitative estimate of drug-likeness (QED) is 0.583. The monoisotopic (exact) mass is 417 g/mol. The molecule has 2 aromatic carbocycles. The standard InChI is InChI=1S/C23H23N5O3/c1-23(2,22(25)30)31-16-6-3-13(4-7-16)18-12-27-20(24)19(28-18)15-5-8-17-14(11-15)9-10-26-21(17)29/h3-8,11-12H,9-10H2,1-2H3,(H2,24,27)(H2,25,30)(H,26,29). The number of nitrogens with zero attached hydrogens (tertiary/aromatic N) is 2. The van der Waals surface area contributed by atoms with Crippen LogP contribution in [0.4, 0.5) is 5.82 Å². The van der Waals surface area contributed by atoms with Crippen molar-refractivity contribution in [3.05, 3.63) is 59.8 Å². The van der Waals surface area contributed by atoms with E-state index in [0.717, 1.165) is 23.1 Å². The third kappa shape index (κ3) is 4.05. The summed E-state index contributed by atoms with van der Waals surface area (Å²) in [6.45, 7) is 3.84. The molecule has 158 valence electrons. The third-order valence-corrected chi connectivity index (χ3v) is 5.22. The summed E-state index contributed by atoms with van der Waals surface area (Å²) < 4.78 is 5.66. The number of nitrogens with two attached hydrogens (primary N) is 2. The van der Waals surface area contributed by atoms with E-state index in [1.165, 1.54) is 0 Å². The van der Waals surface area contributed by atoms with E-state index in [0.29, 0.717) is 35.1 Å². The minimum atomic E-state index is -1.11. The molecule has 8 nitrogen and oxygen atoms in total. The van der Waals surface area contributed by atoms with Gasteiger partial charge < -0.3 is 21.5 Å². The van der Waals surface area contributed by atoms with Gasteiger partial charge in [0.15, 0.2) is 5.60 Å². The van der Waals surface area contributed by atoms with Crippen LogP contribution in [0.5, 0.6) is 5.75 Å². The zero-order valence-corrected chi connectivity index (χ0v) is 17.3. The van der Waals surface area contributed by atoms with Gasteiger partial charge in [0, 0.05) is 23.2 Å². The molecule has 4 rings (SSSR count). The Morgan fingerprint density at radius 2 is 1.84 bits per heavy atom. The largest absolute Gasteiger partial charge is 0.478 e. The Bertz CT molecular complexity index is 1170. The van der Waals surface area contributed by atoms with Crippen LogP contribution in [0.15, 0.2) is 48.7 Å². The summed E-state index contributed by atoms with van der Waals surface area (Å²) in [7, 11) is 0. The van der Waals surface area contributed by atoms with E-state index in [4.69, 9.17) is 21.2 Å². The summed E-state index contributed by atoms with van der Waals surface area (Å²) in [5.41, 5.74) is 14.8. The molecular weight excluding hydrogens is 394 g/mol. The number of ether oxygens (including phenoxy) is 1. The molecule has 0 unspecified atom stereocenters. The van der Waals surface area contributed by atoms with Crippen molar-refractivity contribution in [2.45, 2.75) is 25.9 Å². The van der Waals surface area contributed by atoms with Gasteiger partial charge in [0.1, 0.15) is 17.3 Å². The number of carbonyl (C=O) groups is 2. The zero-order chi connectivity index (χ0) is 22.2. The van der Waals surface area contributed by atoms with Crippen molar-refractivity contribution in [3.63, 3.8) is 0 Å². The first-order valence-electron chi connectivity index (χ1n) is 9.88. The van der Waals surface area contributed by atoms with Gasteiger partial charge in [0.05, 0.1) is 11.9 Å². The molecule has 1 aliphatic rings. The third-order valence-electron chi connectivity index (χ3n) is 5.22. The van der Waals surface area contributed by atoms with Gasteiger partial charge in [-0.3, -0.25) is 9.59 Å². The topological polar surface area (TPSA) is 133 Å². The summed E-state index contributed by atoms with van der Waals surface area (Å²) >= 11 is 0. The number of rotatable bonds is 5. The molecule has 3 aromatic rings. The molecule has 0 bridgehead atoms. The van der Waals surface area contributed by atoms with Gasteiger partial charge in [-0.1, -0.05) is 6.07 Å². The van der Waals surface area contributed by atoms with Crippen LogP contribution in [-0.2, 0) is 11.2 Å². The highest BCUT2D eigenvalue weighted by molar-refractivity contribution is 5.97. The Kier molecular flexibility index (Phi) is 5.06. The SMILES string of the molecule is CC(C)(Oc1ccc(-c2cnc(N)c(-c3ccc4c(c3)CCNC4=O)n2)cc1)C(N)=O. The van der Waals surface area contributed by atoms with Crippen molar-refractivity contribution < 1.29 is 14.3 Å². The Hall–Kier alpha value is -3.94. The highest BCUT2D eigenvalue weighted by Crippen LogP contribution is 2.29. The number of amides is 2. The first-order chi connectivity index (χ1) is 14.7. The smallest absolute Gasteiger partial charge is 0.261 e. The van der Waals surface area contributed by atoms with Gasteiger partial charge >= 0.3 is 0 Å². The highest BCUT2D eigenvalue weighted by atomic mass is 16.5. The number of nitrogens with one attached hydrogen (secondary N) is 1. The van der Waals surface area contributed by atoms with E-state index < -0.39 is 11.5 Å². The fourth-order valence-electron chi connectivity index (χ4n) is 3.36. The number of aromatic nitrogens is 2. The van der Waals surface area contributed by atoms with E-state index in [2.05, 4.69) is 10.3 Å². The average Bonchev–Trinajstić information content (AvgIpc) is 2.74. The maximum atomic E-state index is 12.0. The number of nitrogen functional groups attached to an aromatic ring is 1. The molecule has 1 aliphatic heterocycles. The van der Waals surface area contributed by atoms with Crippen LogP contribution >= 0.6 is 0 Å². The predicted molar refractivity (Wildman–Crippen MR) is 117 cm³/mol. The predicted octanol–water partition coefficient (Wildman–Crippen LogP) is 2.32. The Labute approximate surface area is 179 Å². The van der Waals surface area contributed by atoms with Gasteiger partial charge in [-0.15, -0.1) is 0 Å². The molecule has 1 aromatic heterocycles. The molecule has 0 saturated carbocycles. The molecule has 0 atom stereocenters. The number of hydrogen-bond acceptors (Lipinski definition) is 6. The molecule has 2 heterocycles. The van der Waals surface area contributed by atoms with Crippen molar-refractivity contribution in [1.29, 1.82) is 0 Å². The number of benzene rings is 2. The van der Waals surface area contributed by atoms with Crippen LogP contribution in [0.2, 0.25) is 0 Å². The van der Waals surface area contributed by atoms with Crippen LogP contribution < -0.4 is 21.5 Å². The summed E-state index contributed by atoms with van der Waals surface area (Å²) in [5, 5.41) is 2.84. The van der Waals surface area contributed by atoms with Crippen LogP contribution in [-0.4, -0.2) is 33.9 Å². The van der Waals surface area contributed by atoms with Crippen molar-refractivity contribution >= 4 is 17.6 Å².